The number of rotatable bonds is 2. The van der Waals surface area contributed by atoms with Crippen molar-refractivity contribution in [3.8, 4) is 0 Å². The molecule has 1 fully saturated rings. The van der Waals surface area contributed by atoms with Gasteiger partial charge in [-0.05, 0) is 12.8 Å². The third-order valence-electron chi connectivity index (χ3n) is 2.39. The SMILES string of the molecule is CC(=O)NC1(CN)CCCC1. The van der Waals surface area contributed by atoms with E-state index in [1.54, 1.807) is 6.92 Å². The Morgan fingerprint density at radius 3 is 2.45 bits per heavy atom. The molecule has 0 atom stereocenters. The number of carbonyl (C=O) groups excluding carboxylic acids is 1. The first-order chi connectivity index (χ1) is 5.18. The first-order valence-corrected chi connectivity index (χ1v) is 4.17. The molecule has 0 heterocycles. The molecule has 1 saturated carbocycles. The minimum absolute atomic E-state index is 0.0392. The van der Waals surface area contributed by atoms with Gasteiger partial charge in [-0.3, -0.25) is 4.79 Å². The predicted octanol–water partition coefficient (Wildman–Crippen LogP) is 0.394. The van der Waals surface area contributed by atoms with Crippen LogP contribution in [-0.4, -0.2) is 18.0 Å². The van der Waals surface area contributed by atoms with Gasteiger partial charge in [0.2, 0.25) is 5.91 Å². The minimum Gasteiger partial charge on any atom is -0.350 e. The third kappa shape index (κ3) is 1.93. The van der Waals surface area contributed by atoms with Crippen molar-refractivity contribution in [2.24, 2.45) is 5.73 Å². The predicted molar refractivity (Wildman–Crippen MR) is 44.1 cm³/mol. The van der Waals surface area contributed by atoms with Gasteiger partial charge in [0, 0.05) is 13.5 Å². The van der Waals surface area contributed by atoms with E-state index in [0.29, 0.717) is 6.54 Å². The highest BCUT2D eigenvalue weighted by Gasteiger charge is 2.32. The van der Waals surface area contributed by atoms with E-state index >= 15 is 0 Å². The molecule has 0 radical (unpaired) electrons. The normalized spacial score (nSPS) is 21.6. The van der Waals surface area contributed by atoms with E-state index in [2.05, 4.69) is 5.32 Å². The summed E-state index contributed by atoms with van der Waals surface area (Å²) in [5, 5.41) is 2.94. The lowest BCUT2D eigenvalue weighted by molar-refractivity contribution is -0.120. The Morgan fingerprint density at radius 1 is 1.55 bits per heavy atom. The van der Waals surface area contributed by atoms with Crippen LogP contribution in [0.15, 0.2) is 0 Å². The molecule has 0 saturated heterocycles. The Balaban J connectivity index is 2.52. The van der Waals surface area contributed by atoms with E-state index in [1.165, 1.54) is 12.8 Å². The summed E-state index contributed by atoms with van der Waals surface area (Å²) < 4.78 is 0. The molecule has 64 valence electrons. The van der Waals surface area contributed by atoms with Crippen molar-refractivity contribution in [3.63, 3.8) is 0 Å². The highest BCUT2D eigenvalue weighted by Crippen LogP contribution is 2.28. The molecule has 0 unspecified atom stereocenters. The largest absolute Gasteiger partial charge is 0.350 e. The van der Waals surface area contributed by atoms with Gasteiger partial charge in [0.15, 0.2) is 0 Å². The maximum absolute atomic E-state index is 10.8. The number of carbonyl (C=O) groups is 1. The fourth-order valence-electron chi connectivity index (χ4n) is 1.81. The average Bonchev–Trinajstić information content (AvgIpc) is 2.36. The molecule has 3 heteroatoms. The van der Waals surface area contributed by atoms with Gasteiger partial charge in [-0.2, -0.15) is 0 Å². The highest BCUT2D eigenvalue weighted by atomic mass is 16.1. The van der Waals surface area contributed by atoms with Crippen molar-refractivity contribution in [1.82, 2.24) is 5.32 Å². The van der Waals surface area contributed by atoms with E-state index in [9.17, 15) is 4.79 Å². The Morgan fingerprint density at radius 2 is 2.09 bits per heavy atom. The third-order valence-corrected chi connectivity index (χ3v) is 2.39. The molecular weight excluding hydrogens is 140 g/mol. The maximum Gasteiger partial charge on any atom is 0.217 e. The van der Waals surface area contributed by atoms with E-state index in [4.69, 9.17) is 5.73 Å². The van der Waals surface area contributed by atoms with Gasteiger partial charge in [0.05, 0.1) is 5.54 Å². The topological polar surface area (TPSA) is 55.1 Å². The summed E-state index contributed by atoms with van der Waals surface area (Å²) in [4.78, 5) is 10.8. The summed E-state index contributed by atoms with van der Waals surface area (Å²) in [6, 6.07) is 0. The number of nitrogens with two attached hydrogens (primary N) is 1. The quantitative estimate of drug-likeness (QED) is 0.608. The molecule has 0 aliphatic heterocycles. The average molecular weight is 156 g/mol. The lowest BCUT2D eigenvalue weighted by atomic mass is 9.98. The minimum atomic E-state index is -0.0637. The van der Waals surface area contributed by atoms with Gasteiger partial charge in [-0.25, -0.2) is 0 Å². The molecule has 0 spiro atoms. The van der Waals surface area contributed by atoms with Crippen LogP contribution in [0.5, 0.6) is 0 Å². The van der Waals surface area contributed by atoms with E-state index in [0.717, 1.165) is 12.8 Å². The van der Waals surface area contributed by atoms with Crippen LogP contribution in [0, 0.1) is 0 Å². The molecule has 1 rings (SSSR count). The van der Waals surface area contributed by atoms with Crippen molar-refractivity contribution >= 4 is 5.91 Å². The number of amides is 1. The van der Waals surface area contributed by atoms with Crippen molar-refractivity contribution in [2.75, 3.05) is 6.54 Å². The molecule has 0 aromatic rings. The fraction of sp³-hybridized carbons (Fsp3) is 0.875. The zero-order chi connectivity index (χ0) is 8.32. The van der Waals surface area contributed by atoms with Crippen molar-refractivity contribution in [1.29, 1.82) is 0 Å². The molecule has 11 heavy (non-hydrogen) atoms. The smallest absolute Gasteiger partial charge is 0.217 e. The molecule has 0 aromatic heterocycles. The van der Waals surface area contributed by atoms with E-state index in [1.807, 2.05) is 0 Å². The first-order valence-electron chi connectivity index (χ1n) is 4.17. The van der Waals surface area contributed by atoms with Gasteiger partial charge >= 0.3 is 0 Å². The van der Waals surface area contributed by atoms with Crippen LogP contribution in [0.25, 0.3) is 0 Å². The lowest BCUT2D eigenvalue weighted by Crippen LogP contribution is -2.50. The summed E-state index contributed by atoms with van der Waals surface area (Å²) in [5.74, 6) is 0.0392. The van der Waals surface area contributed by atoms with Gasteiger partial charge in [-0.1, -0.05) is 12.8 Å². The van der Waals surface area contributed by atoms with Crippen LogP contribution in [0.3, 0.4) is 0 Å². The molecule has 1 aliphatic carbocycles. The zero-order valence-corrected chi connectivity index (χ0v) is 7.02. The molecule has 3 nitrogen and oxygen atoms in total. The van der Waals surface area contributed by atoms with Crippen LogP contribution in [0.1, 0.15) is 32.6 Å². The summed E-state index contributed by atoms with van der Waals surface area (Å²) in [5.41, 5.74) is 5.54. The standard InChI is InChI=1S/C8H16N2O/c1-7(11)10-8(6-9)4-2-3-5-8/h2-6,9H2,1H3,(H,10,11). The second-order valence-corrected chi connectivity index (χ2v) is 3.37. The number of hydrogen-bond acceptors (Lipinski definition) is 2. The molecular formula is C8H16N2O. The number of nitrogens with one attached hydrogen (secondary N) is 1. The molecule has 1 aliphatic rings. The van der Waals surface area contributed by atoms with Crippen LogP contribution in [0.4, 0.5) is 0 Å². The lowest BCUT2D eigenvalue weighted by Gasteiger charge is -2.27. The van der Waals surface area contributed by atoms with Crippen LogP contribution >= 0.6 is 0 Å². The molecule has 0 bridgehead atoms. The van der Waals surface area contributed by atoms with Crippen molar-refractivity contribution in [2.45, 2.75) is 38.1 Å². The van der Waals surface area contributed by atoms with Gasteiger partial charge in [0.1, 0.15) is 0 Å². The maximum atomic E-state index is 10.8. The van der Waals surface area contributed by atoms with Crippen molar-refractivity contribution < 1.29 is 4.79 Å². The van der Waals surface area contributed by atoms with Crippen LogP contribution < -0.4 is 11.1 Å². The Bertz CT molecular complexity index is 150. The second kappa shape index (κ2) is 3.22. The van der Waals surface area contributed by atoms with Gasteiger partial charge < -0.3 is 11.1 Å². The van der Waals surface area contributed by atoms with Gasteiger partial charge in [0.25, 0.3) is 0 Å². The highest BCUT2D eigenvalue weighted by molar-refractivity contribution is 5.73. The monoisotopic (exact) mass is 156 g/mol. The summed E-state index contributed by atoms with van der Waals surface area (Å²) >= 11 is 0. The fourth-order valence-corrected chi connectivity index (χ4v) is 1.81. The van der Waals surface area contributed by atoms with Gasteiger partial charge in [-0.15, -0.1) is 0 Å². The molecule has 0 aromatic carbocycles. The molecule has 3 N–H and O–H groups in total. The Kier molecular flexibility index (Phi) is 2.49. The Labute approximate surface area is 67.3 Å². The van der Waals surface area contributed by atoms with Crippen LogP contribution in [0.2, 0.25) is 0 Å². The Hall–Kier alpha value is -0.570. The van der Waals surface area contributed by atoms with E-state index in [-0.39, 0.29) is 11.4 Å². The summed E-state index contributed by atoms with van der Waals surface area (Å²) in [7, 11) is 0. The zero-order valence-electron chi connectivity index (χ0n) is 7.02. The first kappa shape index (κ1) is 8.53. The number of hydrogen-bond donors (Lipinski definition) is 2. The second-order valence-electron chi connectivity index (χ2n) is 3.37. The summed E-state index contributed by atoms with van der Waals surface area (Å²) in [6.07, 6.45) is 4.47. The van der Waals surface area contributed by atoms with Crippen molar-refractivity contribution in [3.05, 3.63) is 0 Å². The summed E-state index contributed by atoms with van der Waals surface area (Å²) in [6.45, 7) is 2.13. The van der Waals surface area contributed by atoms with E-state index < -0.39 is 0 Å². The molecule has 1 amide bonds. The van der Waals surface area contributed by atoms with Crippen LogP contribution in [-0.2, 0) is 4.79 Å².